The Kier molecular flexibility index (Phi) is 2.55. The van der Waals surface area contributed by atoms with Crippen molar-refractivity contribution in [2.45, 2.75) is 75.5 Å². The molecule has 0 radical (unpaired) electrons. The lowest BCUT2D eigenvalue weighted by Crippen LogP contribution is -2.76. The van der Waals surface area contributed by atoms with E-state index in [1.54, 1.807) is 0 Å². The molecule has 0 amide bonds. The molecule has 3 heterocycles. The Bertz CT molecular complexity index is 860. The zero-order valence-corrected chi connectivity index (χ0v) is 16.5. The molecule has 9 fully saturated rings. The van der Waals surface area contributed by atoms with Gasteiger partial charge in [-0.05, 0) is 37.0 Å². The summed E-state index contributed by atoms with van der Waals surface area (Å²) in [6, 6.07) is 0.245. The molecule has 6 aliphatic carbocycles. The van der Waals surface area contributed by atoms with Crippen LogP contribution in [-0.2, 0) is 9.53 Å². The van der Waals surface area contributed by atoms with Crippen LogP contribution in [0.4, 0.5) is 0 Å². The fourth-order valence-electron chi connectivity index (χ4n) is 11.0. The average molecular weight is 387 g/mol. The molecule has 6 nitrogen and oxygen atoms in total. The molecule has 3 aliphatic heterocycles. The molecule has 0 aromatic heterocycles. The molecule has 9 bridgehead atoms. The highest BCUT2D eigenvalue weighted by Crippen LogP contribution is 2.88. The minimum Gasteiger partial charge on any atom is -0.463 e. The summed E-state index contributed by atoms with van der Waals surface area (Å²) in [5.41, 5.74) is -1.07. The van der Waals surface area contributed by atoms with Crippen molar-refractivity contribution >= 4 is 5.97 Å². The summed E-state index contributed by atoms with van der Waals surface area (Å²) in [7, 11) is 0. The predicted octanol–water partition coefficient (Wildman–Crippen LogP) is 0.450. The monoisotopic (exact) mass is 387 g/mol. The van der Waals surface area contributed by atoms with Crippen molar-refractivity contribution in [3.05, 3.63) is 12.2 Å². The van der Waals surface area contributed by atoms with E-state index in [1.165, 1.54) is 6.92 Å². The Balaban J connectivity index is 1.49. The largest absolute Gasteiger partial charge is 0.463 e. The molecule has 2 spiro atoms. The average Bonchev–Trinajstić information content (AvgIpc) is 2.97. The van der Waals surface area contributed by atoms with Crippen LogP contribution in [0.1, 0.15) is 39.5 Å². The number of fused-ring (bicyclic) bond motifs is 1. The van der Waals surface area contributed by atoms with Crippen molar-refractivity contribution in [1.29, 1.82) is 0 Å². The minimum absolute atomic E-state index is 0.0237. The van der Waals surface area contributed by atoms with Gasteiger partial charge in [-0.1, -0.05) is 19.1 Å². The van der Waals surface area contributed by atoms with Gasteiger partial charge < -0.3 is 20.1 Å². The minimum atomic E-state index is -1.20. The van der Waals surface area contributed by atoms with Gasteiger partial charge in [0.2, 0.25) is 0 Å². The van der Waals surface area contributed by atoms with E-state index in [2.05, 4.69) is 18.4 Å². The fraction of sp³-hybridized carbons (Fsp3) is 0.864. The van der Waals surface area contributed by atoms with Crippen molar-refractivity contribution in [2.24, 2.45) is 34.0 Å². The molecule has 3 saturated heterocycles. The lowest BCUT2D eigenvalue weighted by molar-refractivity contribution is -0.280. The first kappa shape index (κ1) is 16.8. The number of hydrogen-bond donors (Lipinski definition) is 3. The van der Waals surface area contributed by atoms with E-state index >= 15 is 0 Å². The van der Waals surface area contributed by atoms with Crippen LogP contribution in [-0.4, -0.2) is 68.7 Å². The number of aliphatic hydroxyl groups is 3. The van der Waals surface area contributed by atoms with Crippen molar-refractivity contribution in [1.82, 2.24) is 4.90 Å². The summed E-state index contributed by atoms with van der Waals surface area (Å²) in [5.74, 6) is -0.379. The second kappa shape index (κ2) is 4.25. The Labute approximate surface area is 164 Å². The summed E-state index contributed by atoms with van der Waals surface area (Å²) in [6.45, 7) is 8.85. The van der Waals surface area contributed by atoms with E-state index < -0.39 is 29.1 Å². The quantitative estimate of drug-likeness (QED) is 0.447. The number of piperidine rings is 2. The summed E-state index contributed by atoms with van der Waals surface area (Å²) < 4.78 is 5.75. The SMILES string of the molecule is C=C1C[C@@]23C[C@H]4[C@H]5[C@@]6(C)C[C@H](OC(C)=O)C[C@]57[C@@H]2[C@H](O)[C@H]1[C@@H](O)[C@@]3(O)[C@H]7N4C6. The lowest BCUT2D eigenvalue weighted by Gasteiger charge is -2.67. The molecule has 152 valence electrons. The van der Waals surface area contributed by atoms with Gasteiger partial charge in [0.05, 0.1) is 12.2 Å². The molecule has 0 aromatic carbocycles. The summed E-state index contributed by atoms with van der Waals surface area (Å²) in [4.78, 5) is 14.3. The number of carbonyl (C=O) groups excluding carboxylic acids is 1. The zero-order chi connectivity index (χ0) is 19.6. The third-order valence-corrected chi connectivity index (χ3v) is 10.6. The van der Waals surface area contributed by atoms with E-state index in [9.17, 15) is 20.1 Å². The molecular formula is C22H29NO5. The van der Waals surface area contributed by atoms with E-state index in [4.69, 9.17) is 4.74 Å². The molecular weight excluding hydrogens is 358 g/mol. The number of hydrogen-bond acceptors (Lipinski definition) is 6. The van der Waals surface area contributed by atoms with Crippen molar-refractivity contribution in [2.75, 3.05) is 6.54 Å². The Morgan fingerprint density at radius 3 is 2.71 bits per heavy atom. The third-order valence-electron chi connectivity index (χ3n) is 10.6. The van der Waals surface area contributed by atoms with Gasteiger partial charge in [0, 0.05) is 48.2 Å². The van der Waals surface area contributed by atoms with E-state index in [0.29, 0.717) is 24.8 Å². The summed E-state index contributed by atoms with van der Waals surface area (Å²) in [6.07, 6.45) is 1.27. The fourth-order valence-corrected chi connectivity index (χ4v) is 11.0. The second-order valence-corrected chi connectivity index (χ2v) is 11.5. The number of nitrogens with zero attached hydrogens (tertiary/aromatic N) is 1. The van der Waals surface area contributed by atoms with Gasteiger partial charge in [-0.25, -0.2) is 0 Å². The Morgan fingerprint density at radius 2 is 2.00 bits per heavy atom. The lowest BCUT2D eigenvalue weighted by atomic mass is 9.39. The van der Waals surface area contributed by atoms with Crippen molar-refractivity contribution in [3.63, 3.8) is 0 Å². The van der Waals surface area contributed by atoms with Gasteiger partial charge in [-0.3, -0.25) is 9.69 Å². The maximum atomic E-state index is 12.2. The van der Waals surface area contributed by atoms with Gasteiger partial charge in [0.15, 0.2) is 0 Å². The predicted molar refractivity (Wildman–Crippen MR) is 97.9 cm³/mol. The van der Waals surface area contributed by atoms with Crippen molar-refractivity contribution in [3.8, 4) is 0 Å². The topological polar surface area (TPSA) is 90.2 Å². The zero-order valence-electron chi connectivity index (χ0n) is 16.5. The number of aliphatic hydroxyl groups excluding tert-OH is 2. The van der Waals surface area contributed by atoms with Gasteiger partial charge in [-0.15, -0.1) is 0 Å². The molecule has 1 unspecified atom stereocenters. The van der Waals surface area contributed by atoms with Crippen LogP contribution in [0.15, 0.2) is 12.2 Å². The molecule has 9 aliphatic rings. The molecule has 28 heavy (non-hydrogen) atoms. The first-order chi connectivity index (χ1) is 13.1. The summed E-state index contributed by atoms with van der Waals surface area (Å²) >= 11 is 0. The Morgan fingerprint density at radius 1 is 1.25 bits per heavy atom. The smallest absolute Gasteiger partial charge is 0.302 e. The number of rotatable bonds is 1. The van der Waals surface area contributed by atoms with Crippen molar-refractivity contribution < 1.29 is 24.9 Å². The Hall–Kier alpha value is -0.950. The first-order valence-electron chi connectivity index (χ1n) is 10.8. The maximum Gasteiger partial charge on any atom is 0.302 e. The molecule has 3 N–H and O–H groups in total. The van der Waals surface area contributed by atoms with Crippen LogP contribution in [0.3, 0.4) is 0 Å². The third kappa shape index (κ3) is 1.26. The molecule has 6 saturated carbocycles. The second-order valence-electron chi connectivity index (χ2n) is 11.5. The van der Waals surface area contributed by atoms with Gasteiger partial charge >= 0.3 is 5.97 Å². The van der Waals surface area contributed by atoms with E-state index in [1.807, 2.05) is 0 Å². The van der Waals surface area contributed by atoms with Gasteiger partial charge in [-0.2, -0.15) is 0 Å². The highest BCUT2D eigenvalue weighted by Gasteiger charge is 2.94. The van der Waals surface area contributed by atoms with Crippen LogP contribution < -0.4 is 0 Å². The molecule has 0 aromatic rings. The standard InChI is InChI=1S/C22H29NO5/c1-9-4-20-7-12-15-19(3)5-11(28-10(2)24)6-21(15)16(20)14(25)13(9)17(26)22(20,27)18(21)23(12)8-19/h11-18,25-27H,1,4-8H2,2-3H3/t11-,12-,13-,14+,15-,16+,17+,18-,19-,20+,21+,22+/m0/s1. The summed E-state index contributed by atoms with van der Waals surface area (Å²) in [5, 5.41) is 35.1. The molecule has 13 atom stereocenters. The van der Waals surface area contributed by atoms with Crippen LogP contribution in [0.2, 0.25) is 0 Å². The van der Waals surface area contributed by atoms with Crippen LogP contribution in [0.5, 0.6) is 0 Å². The van der Waals surface area contributed by atoms with Crippen LogP contribution in [0.25, 0.3) is 0 Å². The first-order valence-corrected chi connectivity index (χ1v) is 10.8. The highest BCUT2D eigenvalue weighted by atomic mass is 16.5. The van der Waals surface area contributed by atoms with E-state index in [0.717, 1.165) is 25.0 Å². The number of esters is 1. The van der Waals surface area contributed by atoms with Crippen LogP contribution in [0, 0.1) is 34.0 Å². The van der Waals surface area contributed by atoms with Crippen LogP contribution >= 0.6 is 0 Å². The number of ether oxygens (including phenoxy) is 1. The van der Waals surface area contributed by atoms with Gasteiger partial charge in [0.25, 0.3) is 0 Å². The highest BCUT2D eigenvalue weighted by molar-refractivity contribution is 5.66. The molecule has 9 rings (SSSR count). The normalized spacial score (nSPS) is 69.3. The maximum absolute atomic E-state index is 12.2. The number of carbonyl (C=O) groups is 1. The van der Waals surface area contributed by atoms with Gasteiger partial charge in [0.1, 0.15) is 11.7 Å². The van der Waals surface area contributed by atoms with E-state index in [-0.39, 0.29) is 34.9 Å². The molecule has 6 heteroatoms.